The van der Waals surface area contributed by atoms with E-state index in [1.54, 1.807) is 25.1 Å². The van der Waals surface area contributed by atoms with Crippen LogP contribution in [0, 0.1) is 12.3 Å². The molecule has 0 aliphatic rings. The van der Waals surface area contributed by atoms with Crippen LogP contribution in [0.1, 0.15) is 32.8 Å². The highest BCUT2D eigenvalue weighted by molar-refractivity contribution is 6.30. The highest BCUT2D eigenvalue weighted by Crippen LogP contribution is 2.22. The Morgan fingerprint density at radius 3 is 2.65 bits per heavy atom. The molecule has 0 aliphatic heterocycles. The zero-order valence-corrected chi connectivity index (χ0v) is 13.2. The first-order valence-electron chi connectivity index (χ1n) is 6.69. The van der Waals surface area contributed by atoms with Crippen LogP contribution in [-0.4, -0.2) is 23.8 Å². The summed E-state index contributed by atoms with van der Waals surface area (Å²) in [6.07, 6.45) is 0.251. The van der Waals surface area contributed by atoms with Crippen molar-refractivity contribution in [3.05, 3.63) is 28.8 Å². The standard InChI is InChI=1S/C15H23ClN2O2/c1-10-7-12(16)5-6-13(10)18-14(20)17-9-15(3,4)8-11(2)19/h5-7,11,19H,8-9H2,1-4H3,(H2,17,18,20). The van der Waals surface area contributed by atoms with Gasteiger partial charge in [-0.05, 0) is 49.4 Å². The smallest absolute Gasteiger partial charge is 0.319 e. The molecule has 0 bridgehead atoms. The Balaban J connectivity index is 2.52. The van der Waals surface area contributed by atoms with Crippen LogP contribution in [0.3, 0.4) is 0 Å². The lowest BCUT2D eigenvalue weighted by Crippen LogP contribution is -2.38. The van der Waals surface area contributed by atoms with Crippen molar-refractivity contribution in [2.75, 3.05) is 11.9 Å². The number of carbonyl (C=O) groups is 1. The fourth-order valence-corrected chi connectivity index (χ4v) is 2.35. The maximum atomic E-state index is 11.9. The van der Waals surface area contributed by atoms with E-state index in [2.05, 4.69) is 10.6 Å². The van der Waals surface area contributed by atoms with Crippen molar-refractivity contribution < 1.29 is 9.90 Å². The zero-order chi connectivity index (χ0) is 15.3. The van der Waals surface area contributed by atoms with E-state index in [-0.39, 0.29) is 17.6 Å². The minimum absolute atomic E-state index is 0.152. The van der Waals surface area contributed by atoms with Gasteiger partial charge in [0.25, 0.3) is 0 Å². The number of hydrogen-bond donors (Lipinski definition) is 3. The molecule has 3 N–H and O–H groups in total. The molecule has 0 aliphatic carbocycles. The maximum absolute atomic E-state index is 11.9. The van der Waals surface area contributed by atoms with Gasteiger partial charge in [0.05, 0.1) is 6.10 Å². The fourth-order valence-electron chi connectivity index (χ4n) is 2.13. The average Bonchev–Trinajstić information content (AvgIpc) is 2.29. The summed E-state index contributed by atoms with van der Waals surface area (Å²) in [5, 5.41) is 15.7. The second kappa shape index (κ2) is 6.95. The second-order valence-electron chi connectivity index (χ2n) is 5.98. The predicted molar refractivity (Wildman–Crippen MR) is 83.3 cm³/mol. The van der Waals surface area contributed by atoms with Crippen molar-refractivity contribution in [1.29, 1.82) is 0 Å². The van der Waals surface area contributed by atoms with Crippen LogP contribution in [0.4, 0.5) is 10.5 Å². The van der Waals surface area contributed by atoms with E-state index in [0.29, 0.717) is 18.0 Å². The minimum atomic E-state index is -0.381. The van der Waals surface area contributed by atoms with Gasteiger partial charge in [-0.25, -0.2) is 4.79 Å². The summed E-state index contributed by atoms with van der Waals surface area (Å²) in [6, 6.07) is 5.06. The van der Waals surface area contributed by atoms with E-state index in [1.807, 2.05) is 20.8 Å². The van der Waals surface area contributed by atoms with Crippen LogP contribution < -0.4 is 10.6 Å². The Morgan fingerprint density at radius 1 is 1.45 bits per heavy atom. The van der Waals surface area contributed by atoms with Crippen LogP contribution in [0.25, 0.3) is 0 Å². The quantitative estimate of drug-likeness (QED) is 0.778. The zero-order valence-electron chi connectivity index (χ0n) is 12.5. The number of halogens is 1. The van der Waals surface area contributed by atoms with E-state index in [4.69, 9.17) is 11.6 Å². The Labute approximate surface area is 125 Å². The van der Waals surface area contributed by atoms with E-state index >= 15 is 0 Å². The number of rotatable bonds is 5. The second-order valence-corrected chi connectivity index (χ2v) is 6.42. The molecule has 1 aromatic rings. The molecule has 0 heterocycles. The van der Waals surface area contributed by atoms with Crippen molar-refractivity contribution in [1.82, 2.24) is 5.32 Å². The summed E-state index contributed by atoms with van der Waals surface area (Å²) in [5.74, 6) is 0. The molecule has 1 rings (SSSR count). The summed E-state index contributed by atoms with van der Waals surface area (Å²) < 4.78 is 0. The molecule has 112 valence electrons. The first kappa shape index (κ1) is 16.8. The van der Waals surface area contributed by atoms with E-state index in [1.165, 1.54) is 0 Å². The summed E-state index contributed by atoms with van der Waals surface area (Å²) in [6.45, 7) is 8.15. The molecule has 0 saturated heterocycles. The number of urea groups is 1. The molecule has 0 saturated carbocycles. The van der Waals surface area contributed by atoms with Crippen LogP contribution in [0.2, 0.25) is 5.02 Å². The molecule has 1 aromatic carbocycles. The third kappa shape index (κ3) is 5.80. The first-order valence-corrected chi connectivity index (χ1v) is 7.06. The molecule has 5 heteroatoms. The summed E-state index contributed by atoms with van der Waals surface area (Å²) in [7, 11) is 0. The molecule has 1 unspecified atom stereocenters. The van der Waals surface area contributed by atoms with E-state index < -0.39 is 0 Å². The van der Waals surface area contributed by atoms with Gasteiger partial charge in [0, 0.05) is 17.3 Å². The topological polar surface area (TPSA) is 61.4 Å². The summed E-state index contributed by atoms with van der Waals surface area (Å²) >= 11 is 5.87. The van der Waals surface area contributed by atoms with Gasteiger partial charge in [-0.15, -0.1) is 0 Å². The van der Waals surface area contributed by atoms with Gasteiger partial charge >= 0.3 is 6.03 Å². The number of carbonyl (C=O) groups excluding carboxylic acids is 1. The number of amides is 2. The number of hydrogen-bond acceptors (Lipinski definition) is 2. The molecule has 2 amide bonds. The molecule has 4 nitrogen and oxygen atoms in total. The summed E-state index contributed by atoms with van der Waals surface area (Å²) in [5.41, 5.74) is 1.50. The van der Waals surface area contributed by atoms with Gasteiger partial charge in [-0.3, -0.25) is 0 Å². The lowest BCUT2D eigenvalue weighted by molar-refractivity contribution is 0.129. The Hall–Kier alpha value is -1.26. The highest BCUT2D eigenvalue weighted by atomic mass is 35.5. The van der Waals surface area contributed by atoms with Gasteiger partial charge < -0.3 is 15.7 Å². The van der Waals surface area contributed by atoms with Crippen molar-refractivity contribution in [2.24, 2.45) is 5.41 Å². The summed E-state index contributed by atoms with van der Waals surface area (Å²) in [4.78, 5) is 11.9. The van der Waals surface area contributed by atoms with Crippen LogP contribution in [-0.2, 0) is 0 Å². The molecule has 0 radical (unpaired) electrons. The Morgan fingerprint density at radius 2 is 2.10 bits per heavy atom. The van der Waals surface area contributed by atoms with Crippen LogP contribution in [0.15, 0.2) is 18.2 Å². The fraction of sp³-hybridized carbons (Fsp3) is 0.533. The number of nitrogens with one attached hydrogen (secondary N) is 2. The molecular formula is C15H23ClN2O2. The Kier molecular flexibility index (Phi) is 5.84. The number of aliphatic hydroxyl groups excluding tert-OH is 1. The van der Waals surface area contributed by atoms with Crippen molar-refractivity contribution >= 4 is 23.3 Å². The number of anilines is 1. The number of aliphatic hydroxyl groups is 1. The lowest BCUT2D eigenvalue weighted by Gasteiger charge is -2.26. The molecule has 0 spiro atoms. The molecule has 20 heavy (non-hydrogen) atoms. The molecular weight excluding hydrogens is 276 g/mol. The van der Waals surface area contributed by atoms with Crippen LogP contribution in [0.5, 0.6) is 0 Å². The third-order valence-corrected chi connectivity index (χ3v) is 3.25. The van der Waals surface area contributed by atoms with Gasteiger partial charge in [-0.2, -0.15) is 0 Å². The monoisotopic (exact) mass is 298 g/mol. The SMILES string of the molecule is Cc1cc(Cl)ccc1NC(=O)NCC(C)(C)CC(C)O. The van der Waals surface area contributed by atoms with Gasteiger partial charge in [0.2, 0.25) is 0 Å². The highest BCUT2D eigenvalue weighted by Gasteiger charge is 2.21. The average molecular weight is 299 g/mol. The van der Waals surface area contributed by atoms with E-state index in [9.17, 15) is 9.90 Å². The third-order valence-electron chi connectivity index (χ3n) is 3.01. The van der Waals surface area contributed by atoms with E-state index in [0.717, 1.165) is 11.3 Å². The molecule has 0 aromatic heterocycles. The maximum Gasteiger partial charge on any atom is 0.319 e. The number of aryl methyl sites for hydroxylation is 1. The lowest BCUT2D eigenvalue weighted by atomic mass is 9.87. The normalized spacial score (nSPS) is 12.9. The molecule has 0 fully saturated rings. The minimum Gasteiger partial charge on any atom is -0.393 e. The first-order chi connectivity index (χ1) is 9.19. The van der Waals surface area contributed by atoms with Crippen molar-refractivity contribution in [3.8, 4) is 0 Å². The Bertz CT molecular complexity index is 473. The van der Waals surface area contributed by atoms with Gasteiger partial charge in [0.1, 0.15) is 0 Å². The number of benzene rings is 1. The predicted octanol–water partition coefficient (Wildman–Crippen LogP) is 3.57. The van der Waals surface area contributed by atoms with Gasteiger partial charge in [0.15, 0.2) is 0 Å². The van der Waals surface area contributed by atoms with Gasteiger partial charge in [-0.1, -0.05) is 25.4 Å². The van der Waals surface area contributed by atoms with Crippen molar-refractivity contribution in [2.45, 2.75) is 40.2 Å². The van der Waals surface area contributed by atoms with Crippen LogP contribution >= 0.6 is 11.6 Å². The largest absolute Gasteiger partial charge is 0.393 e. The molecule has 1 atom stereocenters. The van der Waals surface area contributed by atoms with Crippen molar-refractivity contribution in [3.63, 3.8) is 0 Å².